The van der Waals surface area contributed by atoms with E-state index >= 15 is 0 Å². The topological polar surface area (TPSA) is 8.81 Å². The molecule has 1 aromatic heterocycles. The van der Waals surface area contributed by atoms with E-state index in [1.54, 1.807) is 5.82 Å². The van der Waals surface area contributed by atoms with Crippen LogP contribution in [-0.4, -0.2) is 4.57 Å². The monoisotopic (exact) mass is 490 g/mol. The third kappa shape index (κ3) is 18.2. The molecule has 0 atom stereocenters. The van der Waals surface area contributed by atoms with Crippen LogP contribution in [0.15, 0.2) is 12.4 Å². The van der Waals surface area contributed by atoms with Crippen molar-refractivity contribution in [1.29, 1.82) is 0 Å². The standard InChI is InChI=1S/C33H65N2/c1-4-7-9-11-13-15-16-17-18-19-20-21-22-24-26-28-30-35-32-31-34(6-3)33(35)29-27-25-23-14-12-10-8-5-2/h31-32H,4-30H2,1-3H3/q+1. The lowest BCUT2D eigenvalue weighted by atomic mass is 10.0. The Morgan fingerprint density at radius 2 is 0.857 bits per heavy atom. The van der Waals surface area contributed by atoms with Crippen LogP contribution >= 0.6 is 0 Å². The average molecular weight is 490 g/mol. The second-order valence-corrected chi connectivity index (χ2v) is 11.2. The summed E-state index contributed by atoms with van der Waals surface area (Å²) in [5.74, 6) is 1.57. The van der Waals surface area contributed by atoms with Crippen LogP contribution in [0.3, 0.4) is 0 Å². The molecule has 0 radical (unpaired) electrons. The zero-order valence-electron chi connectivity index (χ0n) is 24.6. The fourth-order valence-electron chi connectivity index (χ4n) is 5.52. The summed E-state index contributed by atoms with van der Waals surface area (Å²) in [5.41, 5.74) is 0. The van der Waals surface area contributed by atoms with E-state index in [4.69, 9.17) is 0 Å². The molecule has 2 nitrogen and oxygen atoms in total. The molecule has 206 valence electrons. The summed E-state index contributed by atoms with van der Waals surface area (Å²) >= 11 is 0. The van der Waals surface area contributed by atoms with Crippen molar-refractivity contribution >= 4 is 0 Å². The van der Waals surface area contributed by atoms with Gasteiger partial charge in [-0.15, -0.1) is 0 Å². The van der Waals surface area contributed by atoms with Crippen molar-refractivity contribution < 1.29 is 4.57 Å². The molecule has 0 saturated heterocycles. The van der Waals surface area contributed by atoms with Crippen LogP contribution in [0.4, 0.5) is 0 Å². The molecule has 0 aliphatic heterocycles. The summed E-state index contributed by atoms with van der Waals surface area (Å²) in [6.07, 6.45) is 40.3. The van der Waals surface area contributed by atoms with Gasteiger partial charge in [0.15, 0.2) is 0 Å². The first-order valence-corrected chi connectivity index (χ1v) is 16.4. The Labute approximate surface area is 221 Å². The number of hydrogen-bond acceptors (Lipinski definition) is 0. The van der Waals surface area contributed by atoms with E-state index in [9.17, 15) is 0 Å². The smallest absolute Gasteiger partial charge is 0.235 e. The fourth-order valence-corrected chi connectivity index (χ4v) is 5.52. The summed E-state index contributed by atoms with van der Waals surface area (Å²) < 4.78 is 5.04. The lowest BCUT2D eigenvalue weighted by molar-refractivity contribution is -0.700. The van der Waals surface area contributed by atoms with E-state index in [0.29, 0.717) is 0 Å². The fraction of sp³-hybridized carbons (Fsp3) is 0.909. The van der Waals surface area contributed by atoms with Crippen molar-refractivity contribution in [2.45, 2.75) is 194 Å². The van der Waals surface area contributed by atoms with Crippen LogP contribution in [0.25, 0.3) is 0 Å². The van der Waals surface area contributed by atoms with Crippen LogP contribution < -0.4 is 4.57 Å². The van der Waals surface area contributed by atoms with Crippen molar-refractivity contribution in [3.8, 4) is 0 Å². The first kappa shape index (κ1) is 32.2. The minimum atomic E-state index is 1.11. The highest BCUT2D eigenvalue weighted by Gasteiger charge is 2.15. The van der Waals surface area contributed by atoms with Gasteiger partial charge in [-0.2, -0.15) is 0 Å². The third-order valence-corrected chi connectivity index (χ3v) is 7.94. The predicted octanol–water partition coefficient (Wildman–Crippen LogP) is 10.7. The van der Waals surface area contributed by atoms with Gasteiger partial charge in [-0.3, -0.25) is 0 Å². The van der Waals surface area contributed by atoms with Gasteiger partial charge in [0.05, 0.1) is 13.1 Å². The number of aryl methyl sites for hydroxylation is 2. The Kier molecular flexibility index (Phi) is 22.9. The van der Waals surface area contributed by atoms with Crippen molar-refractivity contribution in [3.63, 3.8) is 0 Å². The normalized spacial score (nSPS) is 11.5. The molecule has 0 amide bonds. The van der Waals surface area contributed by atoms with Crippen molar-refractivity contribution in [1.82, 2.24) is 4.57 Å². The highest BCUT2D eigenvalue weighted by Crippen LogP contribution is 2.15. The van der Waals surface area contributed by atoms with Gasteiger partial charge in [-0.1, -0.05) is 149 Å². The molecule has 2 heteroatoms. The molecule has 0 unspecified atom stereocenters. The molecule has 0 bridgehead atoms. The van der Waals surface area contributed by atoms with Gasteiger partial charge in [0.2, 0.25) is 0 Å². The van der Waals surface area contributed by atoms with Gasteiger partial charge in [-0.05, 0) is 26.2 Å². The van der Waals surface area contributed by atoms with Gasteiger partial charge in [0.1, 0.15) is 12.4 Å². The second kappa shape index (κ2) is 24.9. The van der Waals surface area contributed by atoms with E-state index in [2.05, 4.69) is 42.3 Å². The molecular weight excluding hydrogens is 424 g/mol. The number of imidazole rings is 1. The first-order chi connectivity index (χ1) is 17.3. The van der Waals surface area contributed by atoms with Crippen LogP contribution in [0, 0.1) is 0 Å². The molecule has 35 heavy (non-hydrogen) atoms. The summed E-state index contributed by atoms with van der Waals surface area (Å²) in [5, 5.41) is 0. The Balaban J connectivity index is 1.99. The lowest BCUT2D eigenvalue weighted by Crippen LogP contribution is -2.36. The van der Waals surface area contributed by atoms with E-state index in [1.165, 1.54) is 167 Å². The average Bonchev–Trinajstić information content (AvgIpc) is 3.27. The minimum absolute atomic E-state index is 1.11. The molecule has 0 fully saturated rings. The van der Waals surface area contributed by atoms with Crippen LogP contribution in [0.2, 0.25) is 0 Å². The quantitative estimate of drug-likeness (QED) is 0.0858. The second-order valence-electron chi connectivity index (χ2n) is 11.2. The van der Waals surface area contributed by atoms with E-state index in [-0.39, 0.29) is 0 Å². The first-order valence-electron chi connectivity index (χ1n) is 16.4. The molecule has 0 spiro atoms. The SMILES string of the molecule is CCCCCCCCCCCCCCCCCCn1cc[n+](CC)c1CCCCCCCCCC. The van der Waals surface area contributed by atoms with Crippen LogP contribution in [0.5, 0.6) is 0 Å². The van der Waals surface area contributed by atoms with E-state index in [0.717, 1.165) is 6.54 Å². The number of nitrogens with zero attached hydrogens (tertiary/aromatic N) is 2. The predicted molar refractivity (Wildman–Crippen MR) is 156 cm³/mol. The van der Waals surface area contributed by atoms with Gasteiger partial charge in [0.25, 0.3) is 5.82 Å². The maximum atomic E-state index is 2.56. The summed E-state index contributed by atoms with van der Waals surface area (Å²) in [6.45, 7) is 9.23. The Morgan fingerprint density at radius 1 is 0.486 bits per heavy atom. The summed E-state index contributed by atoms with van der Waals surface area (Å²) in [6, 6.07) is 0. The Bertz CT molecular complexity index is 547. The molecule has 1 rings (SSSR count). The van der Waals surface area contributed by atoms with Gasteiger partial charge < -0.3 is 0 Å². The van der Waals surface area contributed by atoms with Crippen LogP contribution in [-0.2, 0) is 19.5 Å². The Hall–Kier alpha value is -0.790. The number of rotatable bonds is 27. The molecular formula is C33H65N2+. The van der Waals surface area contributed by atoms with E-state index < -0.39 is 0 Å². The molecule has 1 aromatic rings. The minimum Gasteiger partial charge on any atom is -0.235 e. The molecule has 0 saturated carbocycles. The van der Waals surface area contributed by atoms with Crippen molar-refractivity contribution in [2.75, 3.05) is 0 Å². The maximum absolute atomic E-state index is 2.56. The van der Waals surface area contributed by atoms with Crippen LogP contribution in [0.1, 0.15) is 181 Å². The molecule has 0 N–H and O–H groups in total. The number of aromatic nitrogens is 2. The highest BCUT2D eigenvalue weighted by atomic mass is 15.1. The largest absolute Gasteiger partial charge is 0.256 e. The summed E-state index contributed by atoms with van der Waals surface area (Å²) in [4.78, 5) is 0. The van der Waals surface area contributed by atoms with Crippen molar-refractivity contribution in [3.05, 3.63) is 18.2 Å². The molecule has 1 heterocycles. The van der Waals surface area contributed by atoms with Crippen molar-refractivity contribution in [2.24, 2.45) is 0 Å². The molecule has 0 aliphatic carbocycles. The zero-order chi connectivity index (χ0) is 25.2. The summed E-state index contributed by atoms with van der Waals surface area (Å²) in [7, 11) is 0. The number of hydrogen-bond donors (Lipinski definition) is 0. The molecule has 0 aromatic carbocycles. The zero-order valence-corrected chi connectivity index (χ0v) is 24.6. The van der Waals surface area contributed by atoms with Gasteiger partial charge in [0, 0.05) is 6.42 Å². The maximum Gasteiger partial charge on any atom is 0.256 e. The van der Waals surface area contributed by atoms with E-state index in [1.807, 2.05) is 0 Å². The number of unbranched alkanes of at least 4 members (excludes halogenated alkanes) is 22. The van der Waals surface area contributed by atoms with Gasteiger partial charge in [-0.25, -0.2) is 9.13 Å². The highest BCUT2D eigenvalue weighted by molar-refractivity contribution is 4.84. The molecule has 0 aliphatic rings. The Morgan fingerprint density at radius 3 is 1.26 bits per heavy atom. The van der Waals surface area contributed by atoms with Gasteiger partial charge >= 0.3 is 0 Å². The third-order valence-electron chi connectivity index (χ3n) is 7.94. The lowest BCUT2D eigenvalue weighted by Gasteiger charge is -2.06.